The van der Waals surface area contributed by atoms with Crippen LogP contribution in [0.15, 0.2) is 12.3 Å². The van der Waals surface area contributed by atoms with Crippen LogP contribution in [0, 0.1) is 11.6 Å². The molecule has 0 aliphatic rings. The summed E-state index contributed by atoms with van der Waals surface area (Å²) in [5.74, 6) is -3.47. The van der Waals surface area contributed by atoms with Crippen molar-refractivity contribution in [2.24, 2.45) is 0 Å². The third-order valence-electron chi connectivity index (χ3n) is 3.24. The largest absolute Gasteiger partial charge is 0.466 e. The molecule has 2 rings (SSSR count). The number of hydrogen-bond donors (Lipinski definition) is 0. The number of ether oxygens (including phenoxy) is 2. The van der Waals surface area contributed by atoms with E-state index in [0.29, 0.717) is 0 Å². The molecule has 1 aromatic carbocycles. The van der Waals surface area contributed by atoms with Crippen LogP contribution >= 0.6 is 11.6 Å². The summed E-state index contributed by atoms with van der Waals surface area (Å²) in [6.45, 7) is 2.84. The Hall–Kier alpha value is -2.28. The molecule has 0 spiro atoms. The second-order valence-electron chi connectivity index (χ2n) is 4.84. The second-order valence-corrected chi connectivity index (χ2v) is 5.22. The quantitative estimate of drug-likeness (QED) is 0.767. The van der Waals surface area contributed by atoms with Gasteiger partial charge in [-0.05, 0) is 13.0 Å². The SMILES string of the molecule is CCOC(=O)c1cnc2c(CCOC(C)=O)c(F)c(F)cc2c1Cl. The maximum Gasteiger partial charge on any atom is 0.341 e. The lowest BCUT2D eigenvalue weighted by Crippen LogP contribution is -2.09. The van der Waals surface area contributed by atoms with Crippen LogP contribution in [0.5, 0.6) is 0 Å². The van der Waals surface area contributed by atoms with Gasteiger partial charge in [-0.15, -0.1) is 0 Å². The molecule has 0 aliphatic heterocycles. The van der Waals surface area contributed by atoms with Crippen molar-refractivity contribution in [3.8, 4) is 0 Å². The van der Waals surface area contributed by atoms with Crippen molar-refractivity contribution < 1.29 is 27.8 Å². The van der Waals surface area contributed by atoms with Crippen molar-refractivity contribution in [1.29, 1.82) is 0 Å². The average molecular weight is 358 g/mol. The summed E-state index contributed by atoms with van der Waals surface area (Å²) in [5.41, 5.74) is -0.0226. The highest BCUT2D eigenvalue weighted by atomic mass is 35.5. The van der Waals surface area contributed by atoms with Crippen LogP contribution in [0.2, 0.25) is 5.02 Å². The summed E-state index contributed by atoms with van der Waals surface area (Å²) in [6, 6.07) is 0.873. The number of benzene rings is 1. The zero-order valence-electron chi connectivity index (χ0n) is 13.0. The lowest BCUT2D eigenvalue weighted by molar-refractivity contribution is -0.140. The normalized spacial score (nSPS) is 10.7. The van der Waals surface area contributed by atoms with Crippen LogP contribution in [0.1, 0.15) is 29.8 Å². The van der Waals surface area contributed by atoms with Crippen molar-refractivity contribution >= 4 is 34.4 Å². The topological polar surface area (TPSA) is 65.5 Å². The molecule has 0 radical (unpaired) electrons. The molecule has 0 bridgehead atoms. The van der Waals surface area contributed by atoms with Gasteiger partial charge in [0.05, 0.1) is 29.3 Å². The van der Waals surface area contributed by atoms with E-state index in [0.717, 1.165) is 12.3 Å². The van der Waals surface area contributed by atoms with Gasteiger partial charge in [0.2, 0.25) is 0 Å². The molecule has 0 atom stereocenters. The van der Waals surface area contributed by atoms with Crippen molar-refractivity contribution in [3.05, 3.63) is 40.0 Å². The highest BCUT2D eigenvalue weighted by molar-refractivity contribution is 6.38. The Morgan fingerprint density at radius 2 is 2.00 bits per heavy atom. The molecule has 1 aromatic heterocycles. The molecule has 0 saturated carbocycles. The minimum Gasteiger partial charge on any atom is -0.466 e. The number of carbonyl (C=O) groups is 2. The number of halogens is 3. The molecule has 0 fully saturated rings. The Bertz CT molecular complexity index is 810. The number of rotatable bonds is 5. The zero-order chi connectivity index (χ0) is 17.9. The number of aromatic nitrogens is 1. The van der Waals surface area contributed by atoms with E-state index in [4.69, 9.17) is 21.1 Å². The van der Waals surface area contributed by atoms with E-state index in [1.165, 1.54) is 6.92 Å². The molecule has 2 aromatic rings. The number of fused-ring (bicyclic) bond motifs is 1. The van der Waals surface area contributed by atoms with E-state index < -0.39 is 23.6 Å². The number of pyridine rings is 1. The van der Waals surface area contributed by atoms with E-state index in [1.807, 2.05) is 0 Å². The van der Waals surface area contributed by atoms with Crippen molar-refractivity contribution in [2.45, 2.75) is 20.3 Å². The van der Waals surface area contributed by atoms with E-state index in [2.05, 4.69) is 4.98 Å². The Morgan fingerprint density at radius 3 is 2.62 bits per heavy atom. The fourth-order valence-corrected chi connectivity index (χ4v) is 2.46. The van der Waals surface area contributed by atoms with Crippen LogP contribution in [-0.2, 0) is 20.7 Å². The summed E-state index contributed by atoms with van der Waals surface area (Å²) < 4.78 is 37.5. The van der Waals surface area contributed by atoms with E-state index in [9.17, 15) is 18.4 Å². The number of nitrogens with zero attached hydrogens (tertiary/aromatic N) is 1. The summed E-state index contributed by atoms with van der Waals surface area (Å²) >= 11 is 6.14. The fourth-order valence-electron chi connectivity index (χ4n) is 2.19. The predicted molar refractivity (Wildman–Crippen MR) is 83.0 cm³/mol. The highest BCUT2D eigenvalue weighted by Gasteiger charge is 2.21. The van der Waals surface area contributed by atoms with Gasteiger partial charge in [0.15, 0.2) is 11.6 Å². The summed E-state index contributed by atoms with van der Waals surface area (Å²) in [7, 11) is 0. The van der Waals surface area contributed by atoms with Gasteiger partial charge in [-0.1, -0.05) is 11.6 Å². The molecule has 5 nitrogen and oxygen atoms in total. The van der Waals surface area contributed by atoms with Gasteiger partial charge in [0.1, 0.15) is 0 Å². The Morgan fingerprint density at radius 1 is 1.29 bits per heavy atom. The molecule has 0 N–H and O–H groups in total. The van der Waals surface area contributed by atoms with E-state index >= 15 is 0 Å². The van der Waals surface area contributed by atoms with Crippen LogP contribution in [0.4, 0.5) is 8.78 Å². The number of carbonyl (C=O) groups excluding carboxylic acids is 2. The van der Waals surface area contributed by atoms with Crippen molar-refractivity contribution in [1.82, 2.24) is 4.98 Å². The van der Waals surface area contributed by atoms with Gasteiger partial charge in [-0.2, -0.15) is 0 Å². The monoisotopic (exact) mass is 357 g/mol. The van der Waals surface area contributed by atoms with Gasteiger partial charge < -0.3 is 9.47 Å². The zero-order valence-corrected chi connectivity index (χ0v) is 13.7. The van der Waals surface area contributed by atoms with Crippen LogP contribution in [0.3, 0.4) is 0 Å². The smallest absolute Gasteiger partial charge is 0.341 e. The number of hydrogen-bond acceptors (Lipinski definition) is 5. The lowest BCUT2D eigenvalue weighted by atomic mass is 10.0. The molecule has 0 amide bonds. The van der Waals surface area contributed by atoms with Crippen LogP contribution < -0.4 is 0 Å². The van der Waals surface area contributed by atoms with Crippen molar-refractivity contribution in [3.63, 3.8) is 0 Å². The van der Waals surface area contributed by atoms with Crippen molar-refractivity contribution in [2.75, 3.05) is 13.2 Å². The Kier molecular flexibility index (Phi) is 5.66. The first kappa shape index (κ1) is 18.1. The molecular weight excluding hydrogens is 344 g/mol. The predicted octanol–water partition coefficient (Wildman–Crippen LogP) is 3.45. The maximum absolute atomic E-state index is 14.1. The van der Waals surface area contributed by atoms with Gasteiger partial charge in [0.25, 0.3) is 0 Å². The summed E-state index contributed by atoms with van der Waals surface area (Å²) in [5, 5.41) is 0.00466. The van der Waals surface area contributed by atoms with E-state index in [-0.39, 0.29) is 46.7 Å². The van der Waals surface area contributed by atoms with Crippen LogP contribution in [-0.4, -0.2) is 30.1 Å². The fraction of sp³-hybridized carbons (Fsp3) is 0.312. The molecule has 8 heteroatoms. The molecule has 1 heterocycles. The first-order chi connectivity index (χ1) is 11.4. The van der Waals surface area contributed by atoms with Gasteiger partial charge >= 0.3 is 11.9 Å². The first-order valence-corrected chi connectivity index (χ1v) is 7.50. The minimum atomic E-state index is -1.13. The first-order valence-electron chi connectivity index (χ1n) is 7.12. The molecule has 0 saturated heterocycles. The van der Waals surface area contributed by atoms with Gasteiger partial charge in [-0.25, -0.2) is 13.6 Å². The average Bonchev–Trinajstić information content (AvgIpc) is 2.52. The molecule has 128 valence electrons. The van der Waals surface area contributed by atoms with Crippen LogP contribution in [0.25, 0.3) is 10.9 Å². The second kappa shape index (κ2) is 7.53. The maximum atomic E-state index is 14.1. The molecule has 0 unspecified atom stereocenters. The standard InChI is InChI=1S/C16H14ClF2NO4/c1-3-23-16(22)11-7-20-15-9(4-5-24-8(2)21)14(19)12(18)6-10(15)13(11)17/h6-7H,3-5H2,1-2H3. The summed E-state index contributed by atoms with van der Waals surface area (Å²) in [6.07, 6.45) is 1.07. The Labute approximate surface area is 141 Å². The molecule has 24 heavy (non-hydrogen) atoms. The Balaban J connectivity index is 2.54. The van der Waals surface area contributed by atoms with E-state index in [1.54, 1.807) is 6.92 Å². The highest BCUT2D eigenvalue weighted by Crippen LogP contribution is 2.31. The minimum absolute atomic E-state index is 0.0389. The molecule has 0 aliphatic carbocycles. The van der Waals surface area contributed by atoms with Gasteiger partial charge in [0, 0.05) is 30.5 Å². The number of esters is 2. The van der Waals surface area contributed by atoms with Gasteiger partial charge in [-0.3, -0.25) is 9.78 Å². The molecular formula is C16H14ClF2NO4. The third kappa shape index (κ3) is 3.62. The lowest BCUT2D eigenvalue weighted by Gasteiger charge is -2.11. The third-order valence-corrected chi connectivity index (χ3v) is 3.64. The summed E-state index contributed by atoms with van der Waals surface area (Å²) in [4.78, 5) is 26.6.